The van der Waals surface area contributed by atoms with Crippen LogP contribution in [0.4, 0.5) is 0 Å². The maximum absolute atomic E-state index is 11.6. The number of ether oxygens (including phenoxy) is 1. The molecule has 2 rings (SSSR count). The van der Waals surface area contributed by atoms with Gasteiger partial charge in [-0.25, -0.2) is 4.98 Å². The number of hydrogen-bond acceptors (Lipinski definition) is 3. The molecule has 0 radical (unpaired) electrons. The van der Waals surface area contributed by atoms with E-state index < -0.39 is 0 Å². The molecule has 0 aliphatic carbocycles. The number of Topliss-reactive ketones (excluding diaryl/α,β-unsaturated/α-hetero) is 1. The Morgan fingerprint density at radius 3 is 2.88 bits per heavy atom. The number of imidazole rings is 1. The molecule has 0 unspecified atom stereocenters. The zero-order chi connectivity index (χ0) is 12.3. The first kappa shape index (κ1) is 11.8. The lowest BCUT2D eigenvalue weighted by Crippen LogP contribution is -2.16. The van der Waals surface area contributed by atoms with Crippen molar-refractivity contribution in [2.75, 3.05) is 13.7 Å². The van der Waals surface area contributed by atoms with Gasteiger partial charge in [0.05, 0.1) is 17.6 Å². The van der Waals surface area contributed by atoms with Gasteiger partial charge in [-0.3, -0.25) is 4.79 Å². The predicted octanol–water partition coefficient (Wildman–Crippen LogP) is 1.81. The van der Waals surface area contributed by atoms with Crippen LogP contribution in [-0.2, 0) is 22.5 Å². The zero-order valence-electron chi connectivity index (χ0n) is 10.1. The molecule has 1 heterocycles. The van der Waals surface area contributed by atoms with Crippen LogP contribution >= 0.6 is 0 Å². The second-order valence-corrected chi connectivity index (χ2v) is 3.93. The Labute approximate surface area is 100 Å². The number of aromatic nitrogens is 2. The average molecular weight is 232 g/mol. The summed E-state index contributed by atoms with van der Waals surface area (Å²) in [6.45, 7) is 2.52. The Hall–Kier alpha value is -1.68. The first-order valence-electron chi connectivity index (χ1n) is 5.71. The number of rotatable bonds is 5. The van der Waals surface area contributed by atoms with Crippen molar-refractivity contribution in [3.8, 4) is 0 Å². The normalized spacial score (nSPS) is 10.9. The van der Waals surface area contributed by atoms with Crippen LogP contribution in [-0.4, -0.2) is 29.1 Å². The number of carbonyl (C=O) groups is 1. The van der Waals surface area contributed by atoms with E-state index in [-0.39, 0.29) is 12.4 Å². The molecule has 0 spiro atoms. The van der Waals surface area contributed by atoms with Crippen LogP contribution in [0.15, 0.2) is 24.3 Å². The summed E-state index contributed by atoms with van der Waals surface area (Å²) in [6.07, 6.45) is 0.814. The summed E-state index contributed by atoms with van der Waals surface area (Å²) in [5, 5.41) is 0. The van der Waals surface area contributed by atoms with E-state index in [1.54, 1.807) is 0 Å². The van der Waals surface area contributed by atoms with E-state index >= 15 is 0 Å². The Kier molecular flexibility index (Phi) is 3.54. The van der Waals surface area contributed by atoms with Gasteiger partial charge in [0.25, 0.3) is 0 Å². The molecule has 0 bridgehead atoms. The van der Waals surface area contributed by atoms with Crippen molar-refractivity contribution in [2.24, 2.45) is 0 Å². The van der Waals surface area contributed by atoms with Gasteiger partial charge in [-0.15, -0.1) is 0 Å². The number of methoxy groups -OCH3 is 1. The lowest BCUT2D eigenvalue weighted by Gasteiger charge is -2.06. The number of hydrogen-bond donors (Lipinski definition) is 0. The molecule has 1 aromatic carbocycles. The fraction of sp³-hybridized carbons (Fsp3) is 0.385. The summed E-state index contributed by atoms with van der Waals surface area (Å²) in [4.78, 5) is 16.2. The molecule has 0 saturated carbocycles. The number of benzene rings is 1. The minimum Gasteiger partial charge on any atom is -0.377 e. The van der Waals surface area contributed by atoms with Crippen LogP contribution in [0, 0.1) is 0 Å². The third-order valence-electron chi connectivity index (χ3n) is 2.69. The number of aryl methyl sites for hydroxylation is 1. The molecule has 0 N–H and O–H groups in total. The molecule has 2 aromatic rings. The van der Waals surface area contributed by atoms with Crippen LogP contribution in [0.3, 0.4) is 0 Å². The molecule has 0 atom stereocenters. The molecular weight excluding hydrogens is 216 g/mol. The number of ketones is 1. The maximum Gasteiger partial charge on any atom is 0.178 e. The van der Waals surface area contributed by atoms with E-state index in [1.165, 1.54) is 7.11 Å². The van der Waals surface area contributed by atoms with Gasteiger partial charge in [0, 0.05) is 13.5 Å². The van der Waals surface area contributed by atoms with E-state index in [4.69, 9.17) is 4.74 Å². The fourth-order valence-corrected chi connectivity index (χ4v) is 1.95. The number of nitrogens with zero attached hydrogens (tertiary/aromatic N) is 2. The summed E-state index contributed by atoms with van der Waals surface area (Å²) < 4.78 is 6.82. The van der Waals surface area contributed by atoms with Crippen LogP contribution < -0.4 is 0 Å². The highest BCUT2D eigenvalue weighted by Gasteiger charge is 2.11. The molecule has 0 aliphatic heterocycles. The first-order chi connectivity index (χ1) is 8.26. The standard InChI is InChI=1S/C13H16N2O2/c1-3-13-14-11-6-4-5-7-12(11)15(13)8-10(16)9-17-2/h4-7H,3,8-9H2,1-2H3. The highest BCUT2D eigenvalue weighted by molar-refractivity contribution is 5.83. The summed E-state index contributed by atoms with van der Waals surface area (Å²) in [5.41, 5.74) is 1.95. The third-order valence-corrected chi connectivity index (χ3v) is 2.69. The second kappa shape index (κ2) is 5.10. The molecule has 4 nitrogen and oxygen atoms in total. The van der Waals surface area contributed by atoms with Crippen LogP contribution in [0.25, 0.3) is 11.0 Å². The molecule has 0 fully saturated rings. The van der Waals surface area contributed by atoms with Gasteiger partial charge in [-0.2, -0.15) is 0 Å². The Balaban J connectivity index is 2.39. The van der Waals surface area contributed by atoms with Gasteiger partial charge in [-0.05, 0) is 12.1 Å². The molecular formula is C13H16N2O2. The fourth-order valence-electron chi connectivity index (χ4n) is 1.95. The van der Waals surface area contributed by atoms with Crippen molar-refractivity contribution in [3.63, 3.8) is 0 Å². The Morgan fingerprint density at radius 2 is 2.18 bits per heavy atom. The maximum atomic E-state index is 11.6. The minimum atomic E-state index is 0.0605. The van der Waals surface area contributed by atoms with Gasteiger partial charge in [0.15, 0.2) is 5.78 Å². The van der Waals surface area contributed by atoms with E-state index in [2.05, 4.69) is 4.98 Å². The molecule has 17 heavy (non-hydrogen) atoms. The number of fused-ring (bicyclic) bond motifs is 1. The van der Waals surface area contributed by atoms with Gasteiger partial charge in [0.1, 0.15) is 12.4 Å². The third kappa shape index (κ3) is 2.36. The molecule has 0 saturated heterocycles. The summed E-state index contributed by atoms with van der Waals surface area (Å²) in [7, 11) is 1.53. The highest BCUT2D eigenvalue weighted by atomic mass is 16.5. The van der Waals surface area contributed by atoms with Crippen molar-refractivity contribution >= 4 is 16.8 Å². The number of carbonyl (C=O) groups excluding carboxylic acids is 1. The molecule has 4 heteroatoms. The van der Waals surface area contributed by atoms with Gasteiger partial charge in [-0.1, -0.05) is 19.1 Å². The lowest BCUT2D eigenvalue weighted by atomic mass is 10.3. The van der Waals surface area contributed by atoms with Crippen LogP contribution in [0.5, 0.6) is 0 Å². The van der Waals surface area contributed by atoms with E-state index in [1.807, 2.05) is 35.8 Å². The van der Waals surface area contributed by atoms with E-state index in [0.717, 1.165) is 23.3 Å². The highest BCUT2D eigenvalue weighted by Crippen LogP contribution is 2.16. The summed E-state index contributed by atoms with van der Waals surface area (Å²) in [5.74, 6) is 1.00. The van der Waals surface area contributed by atoms with Crippen LogP contribution in [0.1, 0.15) is 12.7 Å². The van der Waals surface area contributed by atoms with E-state index in [9.17, 15) is 4.79 Å². The van der Waals surface area contributed by atoms with Crippen molar-refractivity contribution in [3.05, 3.63) is 30.1 Å². The van der Waals surface area contributed by atoms with Crippen molar-refractivity contribution in [1.29, 1.82) is 0 Å². The molecule has 0 aliphatic rings. The summed E-state index contributed by atoms with van der Waals surface area (Å²) in [6, 6.07) is 7.87. The zero-order valence-corrected chi connectivity index (χ0v) is 10.1. The second-order valence-electron chi connectivity index (χ2n) is 3.93. The number of para-hydroxylation sites is 2. The topological polar surface area (TPSA) is 44.1 Å². The van der Waals surface area contributed by atoms with Crippen molar-refractivity contribution in [1.82, 2.24) is 9.55 Å². The Morgan fingerprint density at radius 1 is 1.41 bits per heavy atom. The lowest BCUT2D eigenvalue weighted by molar-refractivity contribution is -0.123. The predicted molar refractivity (Wildman–Crippen MR) is 66.0 cm³/mol. The van der Waals surface area contributed by atoms with Crippen molar-refractivity contribution < 1.29 is 9.53 Å². The van der Waals surface area contributed by atoms with E-state index in [0.29, 0.717) is 6.54 Å². The molecule has 1 aromatic heterocycles. The van der Waals surface area contributed by atoms with Gasteiger partial charge >= 0.3 is 0 Å². The van der Waals surface area contributed by atoms with Crippen molar-refractivity contribution in [2.45, 2.75) is 19.9 Å². The monoisotopic (exact) mass is 232 g/mol. The molecule has 0 amide bonds. The SMILES string of the molecule is CCc1nc2ccccc2n1CC(=O)COC. The largest absolute Gasteiger partial charge is 0.377 e. The smallest absolute Gasteiger partial charge is 0.178 e. The van der Waals surface area contributed by atoms with Gasteiger partial charge < -0.3 is 9.30 Å². The first-order valence-corrected chi connectivity index (χ1v) is 5.71. The summed E-state index contributed by atoms with van der Waals surface area (Å²) >= 11 is 0. The average Bonchev–Trinajstić information content (AvgIpc) is 2.68. The Bertz CT molecular complexity index is 531. The van der Waals surface area contributed by atoms with Gasteiger partial charge in [0.2, 0.25) is 0 Å². The minimum absolute atomic E-state index is 0.0605. The van der Waals surface area contributed by atoms with Crippen LogP contribution in [0.2, 0.25) is 0 Å². The quantitative estimate of drug-likeness (QED) is 0.789. The molecule has 90 valence electrons.